The van der Waals surface area contributed by atoms with Crippen LogP contribution in [0.2, 0.25) is 0 Å². The first kappa shape index (κ1) is 14.0. The second-order valence-electron chi connectivity index (χ2n) is 3.64. The van der Waals surface area contributed by atoms with Crippen LogP contribution in [0.4, 0.5) is 0 Å². The van der Waals surface area contributed by atoms with Crippen LogP contribution in [-0.4, -0.2) is 47.1 Å². The van der Waals surface area contributed by atoms with Gasteiger partial charge in [0.2, 0.25) is 0 Å². The SMILES string of the molecule is CCN(CCC(=O)OC)C(=O)c1cncc(O)c1. The summed E-state index contributed by atoms with van der Waals surface area (Å²) in [7, 11) is 1.31. The van der Waals surface area contributed by atoms with Crippen molar-refractivity contribution in [2.75, 3.05) is 20.2 Å². The minimum absolute atomic E-state index is 0.0649. The van der Waals surface area contributed by atoms with Crippen LogP contribution in [0.1, 0.15) is 23.7 Å². The maximum Gasteiger partial charge on any atom is 0.307 e. The summed E-state index contributed by atoms with van der Waals surface area (Å²) in [6, 6.07) is 1.34. The van der Waals surface area contributed by atoms with Gasteiger partial charge >= 0.3 is 5.97 Å². The fourth-order valence-corrected chi connectivity index (χ4v) is 1.46. The third-order valence-corrected chi connectivity index (χ3v) is 2.45. The highest BCUT2D eigenvalue weighted by molar-refractivity contribution is 5.94. The Morgan fingerprint density at radius 1 is 1.44 bits per heavy atom. The number of rotatable bonds is 5. The number of carbonyl (C=O) groups is 2. The lowest BCUT2D eigenvalue weighted by atomic mass is 10.2. The second-order valence-corrected chi connectivity index (χ2v) is 3.64. The van der Waals surface area contributed by atoms with Crippen molar-refractivity contribution >= 4 is 11.9 Å². The molecule has 0 aromatic carbocycles. The number of methoxy groups -OCH3 is 1. The zero-order chi connectivity index (χ0) is 13.5. The molecule has 1 amide bonds. The van der Waals surface area contributed by atoms with Crippen molar-refractivity contribution in [3.8, 4) is 5.75 Å². The normalized spacial score (nSPS) is 9.89. The highest BCUT2D eigenvalue weighted by Crippen LogP contribution is 2.11. The van der Waals surface area contributed by atoms with Crippen LogP contribution >= 0.6 is 0 Å². The van der Waals surface area contributed by atoms with E-state index in [1.807, 2.05) is 6.92 Å². The number of hydrogen-bond acceptors (Lipinski definition) is 5. The number of amides is 1. The van der Waals surface area contributed by atoms with Gasteiger partial charge in [-0.25, -0.2) is 0 Å². The molecule has 1 aromatic rings. The van der Waals surface area contributed by atoms with E-state index in [4.69, 9.17) is 0 Å². The predicted molar refractivity (Wildman–Crippen MR) is 64.1 cm³/mol. The average Bonchev–Trinajstić information content (AvgIpc) is 2.38. The molecule has 0 aliphatic heterocycles. The second kappa shape index (κ2) is 6.58. The average molecular weight is 252 g/mol. The molecule has 1 aromatic heterocycles. The van der Waals surface area contributed by atoms with E-state index in [1.54, 1.807) is 0 Å². The zero-order valence-corrected chi connectivity index (χ0v) is 10.4. The topological polar surface area (TPSA) is 79.7 Å². The molecule has 1 heterocycles. The molecule has 1 N–H and O–H groups in total. The van der Waals surface area contributed by atoms with Gasteiger partial charge in [-0.15, -0.1) is 0 Å². The fraction of sp³-hybridized carbons (Fsp3) is 0.417. The molecule has 1 rings (SSSR count). The summed E-state index contributed by atoms with van der Waals surface area (Å²) >= 11 is 0. The van der Waals surface area contributed by atoms with Crippen LogP contribution in [0, 0.1) is 0 Å². The van der Waals surface area contributed by atoms with Gasteiger partial charge in [0.1, 0.15) is 5.75 Å². The lowest BCUT2D eigenvalue weighted by Gasteiger charge is -2.20. The smallest absolute Gasteiger partial charge is 0.307 e. The minimum atomic E-state index is -0.365. The van der Waals surface area contributed by atoms with E-state index in [0.717, 1.165) is 0 Å². The van der Waals surface area contributed by atoms with Gasteiger partial charge in [-0.1, -0.05) is 0 Å². The predicted octanol–water partition coefficient (Wildman–Crippen LogP) is 0.812. The Morgan fingerprint density at radius 2 is 2.17 bits per heavy atom. The highest BCUT2D eigenvalue weighted by atomic mass is 16.5. The van der Waals surface area contributed by atoms with Crippen molar-refractivity contribution in [2.45, 2.75) is 13.3 Å². The molecule has 0 radical (unpaired) electrons. The van der Waals surface area contributed by atoms with E-state index in [0.29, 0.717) is 12.1 Å². The Hall–Kier alpha value is -2.11. The van der Waals surface area contributed by atoms with Crippen LogP contribution in [-0.2, 0) is 9.53 Å². The van der Waals surface area contributed by atoms with Crippen molar-refractivity contribution in [1.29, 1.82) is 0 Å². The summed E-state index contributed by atoms with van der Waals surface area (Å²) in [5.41, 5.74) is 0.293. The summed E-state index contributed by atoms with van der Waals surface area (Å²) in [5, 5.41) is 9.27. The van der Waals surface area contributed by atoms with E-state index in [1.165, 1.54) is 30.5 Å². The van der Waals surface area contributed by atoms with Gasteiger partial charge in [-0.05, 0) is 13.0 Å². The van der Waals surface area contributed by atoms with E-state index in [9.17, 15) is 14.7 Å². The van der Waals surface area contributed by atoms with Crippen molar-refractivity contribution in [2.24, 2.45) is 0 Å². The van der Waals surface area contributed by atoms with Gasteiger partial charge in [0.05, 0.1) is 25.3 Å². The summed E-state index contributed by atoms with van der Waals surface area (Å²) in [4.78, 5) is 28.3. The van der Waals surface area contributed by atoms with Crippen molar-refractivity contribution in [3.05, 3.63) is 24.0 Å². The molecule has 0 saturated heterocycles. The molecule has 6 heteroatoms. The molecule has 0 fully saturated rings. The van der Waals surface area contributed by atoms with Crippen LogP contribution in [0.15, 0.2) is 18.5 Å². The Bertz CT molecular complexity index is 434. The van der Waals surface area contributed by atoms with Gasteiger partial charge < -0.3 is 14.7 Å². The van der Waals surface area contributed by atoms with E-state index >= 15 is 0 Å². The minimum Gasteiger partial charge on any atom is -0.506 e. The fourth-order valence-electron chi connectivity index (χ4n) is 1.46. The van der Waals surface area contributed by atoms with Crippen molar-refractivity contribution in [1.82, 2.24) is 9.88 Å². The first-order valence-corrected chi connectivity index (χ1v) is 5.58. The number of esters is 1. The molecule has 0 bridgehead atoms. The first-order chi connectivity index (χ1) is 8.58. The van der Waals surface area contributed by atoms with E-state index < -0.39 is 0 Å². The Balaban J connectivity index is 2.70. The number of hydrogen-bond donors (Lipinski definition) is 1. The molecule has 0 atom stereocenters. The number of pyridine rings is 1. The summed E-state index contributed by atoms with van der Waals surface area (Å²) in [6.07, 6.45) is 2.77. The molecule has 6 nitrogen and oxygen atoms in total. The molecule has 0 aliphatic carbocycles. The standard InChI is InChI=1S/C12H16N2O4/c1-3-14(5-4-11(16)18-2)12(17)9-6-10(15)8-13-7-9/h6-8,15H,3-5H2,1-2H3. The van der Waals surface area contributed by atoms with E-state index in [-0.39, 0.29) is 30.6 Å². The molecule has 0 spiro atoms. The van der Waals surface area contributed by atoms with Gasteiger partial charge in [-0.3, -0.25) is 14.6 Å². The highest BCUT2D eigenvalue weighted by Gasteiger charge is 2.16. The number of carbonyl (C=O) groups excluding carboxylic acids is 2. The largest absolute Gasteiger partial charge is 0.506 e. The van der Waals surface area contributed by atoms with Crippen molar-refractivity contribution < 1.29 is 19.4 Å². The van der Waals surface area contributed by atoms with E-state index in [2.05, 4.69) is 9.72 Å². The van der Waals surface area contributed by atoms with Crippen LogP contribution in [0.3, 0.4) is 0 Å². The summed E-state index contributed by atoms with van der Waals surface area (Å²) in [5.74, 6) is -0.704. The third-order valence-electron chi connectivity index (χ3n) is 2.45. The number of aromatic nitrogens is 1. The molecular formula is C12H16N2O4. The van der Waals surface area contributed by atoms with Crippen molar-refractivity contribution in [3.63, 3.8) is 0 Å². The summed E-state index contributed by atoms with van der Waals surface area (Å²) in [6.45, 7) is 2.55. The number of nitrogens with zero attached hydrogens (tertiary/aromatic N) is 2. The Morgan fingerprint density at radius 3 is 2.72 bits per heavy atom. The molecule has 0 unspecified atom stereocenters. The molecule has 18 heavy (non-hydrogen) atoms. The maximum absolute atomic E-state index is 12.1. The van der Waals surface area contributed by atoms with Gasteiger partial charge in [0.15, 0.2) is 0 Å². The summed E-state index contributed by atoms with van der Waals surface area (Å²) < 4.78 is 4.52. The lowest BCUT2D eigenvalue weighted by molar-refractivity contribution is -0.140. The number of aromatic hydroxyl groups is 1. The maximum atomic E-state index is 12.1. The van der Waals surface area contributed by atoms with Gasteiger partial charge in [0, 0.05) is 19.3 Å². The first-order valence-electron chi connectivity index (χ1n) is 5.58. The zero-order valence-electron chi connectivity index (χ0n) is 10.4. The van der Waals surface area contributed by atoms with Gasteiger partial charge in [0.25, 0.3) is 5.91 Å². The van der Waals surface area contributed by atoms with Crippen LogP contribution in [0.5, 0.6) is 5.75 Å². The van der Waals surface area contributed by atoms with Crippen LogP contribution < -0.4 is 0 Å². The molecule has 0 aliphatic rings. The molecule has 98 valence electrons. The van der Waals surface area contributed by atoms with Gasteiger partial charge in [-0.2, -0.15) is 0 Å². The lowest BCUT2D eigenvalue weighted by Crippen LogP contribution is -2.33. The Labute approximate surface area is 105 Å². The Kier molecular flexibility index (Phi) is 5.10. The quantitative estimate of drug-likeness (QED) is 0.784. The molecule has 0 saturated carbocycles. The molecular weight excluding hydrogens is 236 g/mol. The number of ether oxygens (including phenoxy) is 1. The van der Waals surface area contributed by atoms with Crippen LogP contribution in [0.25, 0.3) is 0 Å². The monoisotopic (exact) mass is 252 g/mol. The third kappa shape index (κ3) is 3.73.